The molecule has 0 radical (unpaired) electrons. The van der Waals surface area contributed by atoms with Crippen LogP contribution in [0, 0.1) is 5.92 Å². The van der Waals surface area contributed by atoms with Crippen molar-refractivity contribution in [3.8, 4) is 0 Å². The lowest BCUT2D eigenvalue weighted by molar-refractivity contribution is 0.574. The molecule has 0 aromatic carbocycles. The lowest BCUT2D eigenvalue weighted by Crippen LogP contribution is -2.26. The summed E-state index contributed by atoms with van der Waals surface area (Å²) >= 11 is 5.81. The van der Waals surface area contributed by atoms with E-state index in [1.54, 1.807) is 7.05 Å². The molecule has 0 atom stereocenters. The molecule has 0 bridgehead atoms. The number of imidazole rings is 1. The van der Waals surface area contributed by atoms with Crippen molar-refractivity contribution < 1.29 is 8.42 Å². The number of nitrogens with zero attached hydrogens (tertiary/aromatic N) is 2. The predicted octanol–water partition coefficient (Wildman–Crippen LogP) is 0.762. The fourth-order valence-electron chi connectivity index (χ4n) is 1.19. The summed E-state index contributed by atoms with van der Waals surface area (Å²) < 4.78 is 27.4. The van der Waals surface area contributed by atoms with Crippen molar-refractivity contribution >= 4 is 21.6 Å². The Balaban J connectivity index is 2.16. The molecular weight excluding hydrogens is 238 g/mol. The Bertz CT molecular complexity index is 464. The largest absolute Gasteiger partial charge is 0.324 e. The highest BCUT2D eigenvalue weighted by Crippen LogP contribution is 2.28. The van der Waals surface area contributed by atoms with Gasteiger partial charge in [0.2, 0.25) is 5.03 Å². The number of aryl methyl sites for hydroxylation is 1. The van der Waals surface area contributed by atoms with E-state index in [4.69, 9.17) is 11.6 Å². The average molecular weight is 250 g/mol. The van der Waals surface area contributed by atoms with Gasteiger partial charge in [0.25, 0.3) is 10.0 Å². The van der Waals surface area contributed by atoms with Crippen molar-refractivity contribution in [2.75, 3.05) is 6.54 Å². The normalized spacial score (nSPS) is 16.9. The highest BCUT2D eigenvalue weighted by Gasteiger charge is 2.27. The molecule has 0 saturated heterocycles. The monoisotopic (exact) mass is 249 g/mol. The predicted molar refractivity (Wildman–Crippen MR) is 56.1 cm³/mol. The zero-order valence-corrected chi connectivity index (χ0v) is 9.85. The summed E-state index contributed by atoms with van der Waals surface area (Å²) in [5, 5.41) is 0.0469. The van der Waals surface area contributed by atoms with Gasteiger partial charge in [0.1, 0.15) is 5.15 Å². The first kappa shape index (κ1) is 10.9. The van der Waals surface area contributed by atoms with Gasteiger partial charge >= 0.3 is 0 Å². The molecule has 0 spiro atoms. The van der Waals surface area contributed by atoms with Crippen LogP contribution in [0.4, 0.5) is 0 Å². The number of sulfonamides is 1. The summed E-state index contributed by atoms with van der Waals surface area (Å²) in [7, 11) is -1.89. The van der Waals surface area contributed by atoms with Crippen LogP contribution in [0.15, 0.2) is 11.4 Å². The van der Waals surface area contributed by atoms with Crippen LogP contribution >= 0.6 is 11.6 Å². The Labute approximate surface area is 93.5 Å². The molecule has 1 aliphatic rings. The number of halogens is 1. The standard InChI is InChI=1S/C8H12ClN3O2S/c1-12-5-10-8(7(12)9)15(13,14)11-4-6-2-3-6/h5-6,11H,2-4H2,1H3. The maximum absolute atomic E-state index is 11.7. The molecule has 15 heavy (non-hydrogen) atoms. The van der Waals surface area contributed by atoms with Gasteiger partial charge in [-0.15, -0.1) is 0 Å². The first-order chi connectivity index (χ1) is 7.00. The van der Waals surface area contributed by atoms with Gasteiger partial charge in [-0.3, -0.25) is 0 Å². The minimum absolute atomic E-state index is 0.0904. The second-order valence-electron chi connectivity index (χ2n) is 3.75. The van der Waals surface area contributed by atoms with E-state index in [0.717, 1.165) is 12.8 Å². The maximum atomic E-state index is 11.7. The summed E-state index contributed by atoms with van der Waals surface area (Å²) in [5.74, 6) is 0.488. The number of nitrogens with one attached hydrogen (secondary N) is 1. The highest BCUT2D eigenvalue weighted by atomic mass is 35.5. The van der Waals surface area contributed by atoms with Gasteiger partial charge in [-0.1, -0.05) is 11.6 Å². The molecule has 1 fully saturated rings. The van der Waals surface area contributed by atoms with Gasteiger partial charge in [0.15, 0.2) is 0 Å². The first-order valence-electron chi connectivity index (χ1n) is 4.67. The number of rotatable bonds is 4. The third-order valence-electron chi connectivity index (χ3n) is 2.35. The van der Waals surface area contributed by atoms with Crippen LogP contribution in [0.1, 0.15) is 12.8 Å². The molecule has 1 saturated carbocycles. The maximum Gasteiger partial charge on any atom is 0.261 e. The zero-order chi connectivity index (χ0) is 11.1. The molecule has 0 unspecified atom stereocenters. The lowest BCUT2D eigenvalue weighted by atomic mass is 10.4. The molecule has 1 aromatic heterocycles. The zero-order valence-electron chi connectivity index (χ0n) is 8.27. The Morgan fingerprint density at radius 3 is 2.80 bits per heavy atom. The Kier molecular flexibility index (Phi) is 2.74. The van der Waals surface area contributed by atoms with Crippen LogP contribution in [-0.2, 0) is 17.1 Å². The Hall–Kier alpha value is -0.590. The van der Waals surface area contributed by atoms with Gasteiger partial charge in [0.05, 0.1) is 6.33 Å². The fraction of sp³-hybridized carbons (Fsp3) is 0.625. The summed E-state index contributed by atoms with van der Waals surface area (Å²) in [6, 6.07) is 0. The van der Waals surface area contributed by atoms with Crippen molar-refractivity contribution in [2.45, 2.75) is 17.9 Å². The second-order valence-corrected chi connectivity index (χ2v) is 5.79. The minimum Gasteiger partial charge on any atom is -0.324 e. The van der Waals surface area contributed by atoms with E-state index in [1.165, 1.54) is 10.9 Å². The van der Waals surface area contributed by atoms with Crippen LogP contribution in [0.2, 0.25) is 5.15 Å². The van der Waals surface area contributed by atoms with Crippen LogP contribution in [-0.4, -0.2) is 24.5 Å². The van der Waals surface area contributed by atoms with Crippen LogP contribution in [0.5, 0.6) is 0 Å². The molecule has 7 heteroatoms. The van der Waals surface area contributed by atoms with Crippen molar-refractivity contribution in [2.24, 2.45) is 13.0 Å². The molecule has 0 aliphatic heterocycles. The summed E-state index contributed by atoms with van der Waals surface area (Å²) in [6.07, 6.45) is 3.57. The molecule has 1 heterocycles. The van der Waals surface area contributed by atoms with E-state index in [-0.39, 0.29) is 10.2 Å². The fourth-order valence-corrected chi connectivity index (χ4v) is 2.73. The molecule has 84 valence electrons. The molecular formula is C8H12ClN3O2S. The number of hydrogen-bond donors (Lipinski definition) is 1. The van der Waals surface area contributed by atoms with Gasteiger partial charge in [-0.05, 0) is 18.8 Å². The van der Waals surface area contributed by atoms with Crippen molar-refractivity contribution in [1.82, 2.24) is 14.3 Å². The van der Waals surface area contributed by atoms with E-state index >= 15 is 0 Å². The second kappa shape index (κ2) is 3.77. The quantitative estimate of drug-likeness (QED) is 0.857. The molecule has 5 nitrogen and oxygen atoms in total. The molecule has 1 aromatic rings. The molecule has 2 rings (SSSR count). The molecule has 1 aliphatic carbocycles. The van der Waals surface area contributed by atoms with E-state index in [1.807, 2.05) is 0 Å². The van der Waals surface area contributed by atoms with Gasteiger partial charge in [-0.25, -0.2) is 18.1 Å². The topological polar surface area (TPSA) is 64.0 Å². The smallest absolute Gasteiger partial charge is 0.261 e. The van der Waals surface area contributed by atoms with Crippen LogP contribution in [0.25, 0.3) is 0 Å². The SMILES string of the molecule is Cn1cnc(S(=O)(=O)NCC2CC2)c1Cl. The third-order valence-corrected chi connectivity index (χ3v) is 4.26. The summed E-state index contributed by atoms with van der Waals surface area (Å²) in [4.78, 5) is 3.77. The van der Waals surface area contributed by atoms with E-state index in [0.29, 0.717) is 12.5 Å². The first-order valence-corrected chi connectivity index (χ1v) is 6.53. The Morgan fingerprint density at radius 2 is 2.33 bits per heavy atom. The van der Waals surface area contributed by atoms with Crippen molar-refractivity contribution in [3.63, 3.8) is 0 Å². The van der Waals surface area contributed by atoms with E-state index in [9.17, 15) is 8.42 Å². The van der Waals surface area contributed by atoms with Gasteiger partial charge < -0.3 is 4.57 Å². The number of aromatic nitrogens is 2. The van der Waals surface area contributed by atoms with Crippen LogP contribution < -0.4 is 4.72 Å². The molecule has 0 amide bonds. The lowest BCUT2D eigenvalue weighted by Gasteiger charge is -2.03. The number of hydrogen-bond acceptors (Lipinski definition) is 3. The molecule has 1 N–H and O–H groups in total. The Morgan fingerprint density at radius 1 is 1.67 bits per heavy atom. The van der Waals surface area contributed by atoms with Crippen LogP contribution in [0.3, 0.4) is 0 Å². The van der Waals surface area contributed by atoms with Gasteiger partial charge in [0, 0.05) is 13.6 Å². The third kappa shape index (κ3) is 2.32. The average Bonchev–Trinajstić information content (AvgIpc) is 2.92. The minimum atomic E-state index is -3.54. The highest BCUT2D eigenvalue weighted by molar-refractivity contribution is 7.89. The van der Waals surface area contributed by atoms with E-state index < -0.39 is 10.0 Å². The van der Waals surface area contributed by atoms with Crippen molar-refractivity contribution in [1.29, 1.82) is 0 Å². The van der Waals surface area contributed by atoms with Crippen molar-refractivity contribution in [3.05, 3.63) is 11.5 Å². The summed E-state index contributed by atoms with van der Waals surface area (Å²) in [6.45, 7) is 0.481. The van der Waals surface area contributed by atoms with E-state index in [2.05, 4.69) is 9.71 Å². The van der Waals surface area contributed by atoms with Gasteiger partial charge in [-0.2, -0.15) is 0 Å². The summed E-state index contributed by atoms with van der Waals surface area (Å²) in [5.41, 5.74) is 0.